The van der Waals surface area contributed by atoms with Crippen molar-refractivity contribution in [3.63, 3.8) is 0 Å². The molecular weight excluding hydrogens is 486 g/mol. The van der Waals surface area contributed by atoms with Crippen molar-refractivity contribution < 1.29 is 57.6 Å². The average molecular weight is 511 g/mol. The van der Waals surface area contributed by atoms with Crippen LogP contribution in [0.1, 0.15) is 0 Å². The maximum Gasteiger partial charge on any atom is -1.00 e. The summed E-state index contributed by atoms with van der Waals surface area (Å²) < 4.78 is 10.2. The second-order valence-corrected chi connectivity index (χ2v) is 15.4. The van der Waals surface area contributed by atoms with Crippen LogP contribution in [0.25, 0.3) is 21.5 Å². The van der Waals surface area contributed by atoms with E-state index in [1.165, 1.54) is 21.5 Å². The summed E-state index contributed by atoms with van der Waals surface area (Å²) in [4.78, 5) is 0. The van der Waals surface area contributed by atoms with Gasteiger partial charge < -0.3 is 34.3 Å². The molecule has 0 aliphatic heterocycles. The molecule has 4 rings (SSSR count). The van der Waals surface area contributed by atoms with Crippen LogP contribution in [0, 0.1) is 0 Å². The predicted molar refractivity (Wildman–Crippen MR) is 110 cm³/mol. The third kappa shape index (κ3) is 8.53. The molecule has 0 unspecified atom stereocenters. The standard InChI is InChI=1S/2C10H9O.C2H6Si.2ClH.Zr/c2*1-11-10-6-5-8-3-2-4-9(8)7-10;1-3-2;;;/h2*2-7H,1H3;1-2H3;2*1H;/q2*-1;;;;+2/p-2. The molecular formula is C22H24Cl2O2SiZr-2. The molecule has 0 aromatic heterocycles. The molecule has 0 fully saturated rings. The number of ether oxygens (including phenoxy) is 2. The Hall–Kier alpha value is -1.06. The van der Waals surface area contributed by atoms with Crippen LogP contribution >= 0.6 is 0 Å². The van der Waals surface area contributed by atoms with E-state index in [1.807, 2.05) is 36.4 Å². The number of rotatable bonds is 2. The quantitative estimate of drug-likeness (QED) is 0.278. The summed E-state index contributed by atoms with van der Waals surface area (Å²) in [6.45, 7) is 4.62. The summed E-state index contributed by atoms with van der Waals surface area (Å²) >= 11 is 1.74. The van der Waals surface area contributed by atoms with Crippen LogP contribution in [0.5, 0.6) is 11.5 Å². The molecule has 0 heterocycles. The topological polar surface area (TPSA) is 18.5 Å². The zero-order valence-corrected chi connectivity index (χ0v) is 21.5. The second-order valence-electron chi connectivity index (χ2n) is 6.04. The van der Waals surface area contributed by atoms with E-state index in [0.29, 0.717) is 0 Å². The summed E-state index contributed by atoms with van der Waals surface area (Å²) in [5, 5.41) is 5.02. The minimum Gasteiger partial charge on any atom is -1.00 e. The smallest absolute Gasteiger partial charge is 1.00 e. The molecule has 0 aliphatic carbocycles. The molecule has 0 atom stereocenters. The fourth-order valence-electron chi connectivity index (χ4n) is 2.46. The van der Waals surface area contributed by atoms with Crippen molar-refractivity contribution in [1.29, 1.82) is 0 Å². The van der Waals surface area contributed by atoms with E-state index >= 15 is 0 Å². The first-order valence-electron chi connectivity index (χ1n) is 8.44. The zero-order valence-electron chi connectivity index (χ0n) is 16.5. The van der Waals surface area contributed by atoms with Gasteiger partial charge in [0.2, 0.25) is 0 Å². The van der Waals surface area contributed by atoms with Crippen molar-refractivity contribution in [3.8, 4) is 11.5 Å². The Morgan fingerprint density at radius 2 is 1.07 bits per heavy atom. The van der Waals surface area contributed by atoms with E-state index in [9.17, 15) is 0 Å². The fraction of sp³-hybridized carbons (Fsp3) is 0.182. The minimum absolute atomic E-state index is 0. The van der Waals surface area contributed by atoms with Crippen molar-refractivity contribution in [3.05, 3.63) is 72.8 Å². The number of halogens is 2. The van der Waals surface area contributed by atoms with Crippen molar-refractivity contribution >= 4 is 27.0 Å². The number of hydrogen-bond acceptors (Lipinski definition) is 2. The van der Waals surface area contributed by atoms with Crippen LogP contribution in [0.4, 0.5) is 0 Å². The van der Waals surface area contributed by atoms with Gasteiger partial charge in [-0.15, -0.1) is 45.8 Å². The molecule has 2 nitrogen and oxygen atoms in total. The molecule has 28 heavy (non-hydrogen) atoms. The molecule has 4 aromatic carbocycles. The van der Waals surface area contributed by atoms with Gasteiger partial charge in [-0.25, -0.2) is 0 Å². The maximum atomic E-state index is 5.09. The monoisotopic (exact) mass is 508 g/mol. The van der Waals surface area contributed by atoms with Gasteiger partial charge in [0.05, 0.1) is 25.7 Å². The number of hydrogen-bond donors (Lipinski definition) is 0. The molecule has 0 bridgehead atoms. The van der Waals surface area contributed by atoms with Gasteiger partial charge >= 0.3 is 41.9 Å². The average Bonchev–Trinajstić information content (AvgIpc) is 3.29. The maximum absolute atomic E-state index is 5.09. The molecule has 4 aromatic rings. The van der Waals surface area contributed by atoms with E-state index in [4.69, 9.17) is 9.47 Å². The fourth-order valence-corrected chi connectivity index (χ4v) is 2.46. The van der Waals surface area contributed by atoms with Gasteiger partial charge in [-0.2, -0.15) is 24.3 Å². The Balaban J connectivity index is 0.000000415. The summed E-state index contributed by atoms with van der Waals surface area (Å²) in [6.07, 6.45) is 0. The third-order valence-electron chi connectivity index (χ3n) is 3.69. The Morgan fingerprint density at radius 3 is 1.39 bits per heavy atom. The Kier molecular flexibility index (Phi) is 13.5. The van der Waals surface area contributed by atoms with E-state index < -0.39 is 0 Å². The van der Waals surface area contributed by atoms with Gasteiger partial charge in [-0.1, -0.05) is 24.3 Å². The molecule has 0 amide bonds. The number of benzene rings is 2. The van der Waals surface area contributed by atoms with E-state index in [-0.39, 0.29) is 30.2 Å². The van der Waals surface area contributed by atoms with Gasteiger partial charge in [0, 0.05) is 0 Å². The van der Waals surface area contributed by atoms with Gasteiger partial charge in [0.1, 0.15) is 0 Å². The van der Waals surface area contributed by atoms with Crippen LogP contribution in [0.15, 0.2) is 72.8 Å². The Bertz CT molecular complexity index is 901. The first-order valence-corrected chi connectivity index (χ1v) is 14.6. The van der Waals surface area contributed by atoms with Crippen LogP contribution in [0.2, 0.25) is 13.1 Å². The van der Waals surface area contributed by atoms with Crippen molar-refractivity contribution in [2.75, 3.05) is 14.2 Å². The minimum atomic E-state index is 0. The number of methoxy groups -OCH3 is 2. The van der Waals surface area contributed by atoms with Gasteiger partial charge in [-0.05, 0) is 0 Å². The van der Waals surface area contributed by atoms with Crippen LogP contribution in [-0.2, 0) is 23.3 Å². The first kappa shape index (κ1) is 26.9. The second kappa shape index (κ2) is 14.0. The summed E-state index contributed by atoms with van der Waals surface area (Å²) in [5.41, 5.74) is 0.210. The Labute approximate surface area is 195 Å². The van der Waals surface area contributed by atoms with E-state index in [1.54, 1.807) is 37.6 Å². The van der Waals surface area contributed by atoms with Crippen LogP contribution in [-0.4, -0.2) is 19.7 Å². The molecule has 0 aliphatic rings. The van der Waals surface area contributed by atoms with Crippen molar-refractivity contribution in [1.82, 2.24) is 0 Å². The molecule has 0 saturated heterocycles. The summed E-state index contributed by atoms with van der Waals surface area (Å²) in [5.74, 6) is 1.84. The van der Waals surface area contributed by atoms with Gasteiger partial charge in [-0.3, -0.25) is 0 Å². The van der Waals surface area contributed by atoms with Crippen LogP contribution in [0.3, 0.4) is 0 Å². The molecule has 148 valence electrons. The zero-order chi connectivity index (χ0) is 18.9. The van der Waals surface area contributed by atoms with Crippen LogP contribution < -0.4 is 34.3 Å². The molecule has 6 heteroatoms. The van der Waals surface area contributed by atoms with Gasteiger partial charge in [0.25, 0.3) is 0 Å². The summed E-state index contributed by atoms with van der Waals surface area (Å²) in [7, 11) is 3.37. The van der Waals surface area contributed by atoms with E-state index in [0.717, 1.165) is 11.5 Å². The normalized spacial score (nSPS) is 9.07. The van der Waals surface area contributed by atoms with E-state index in [2.05, 4.69) is 49.5 Å². The molecule has 0 saturated carbocycles. The van der Waals surface area contributed by atoms with Gasteiger partial charge in [0.15, 0.2) is 0 Å². The molecule has 0 radical (unpaired) electrons. The largest absolute Gasteiger partial charge is 1.00 e. The van der Waals surface area contributed by atoms with Crippen molar-refractivity contribution in [2.45, 2.75) is 13.1 Å². The molecule has 0 spiro atoms. The Morgan fingerprint density at radius 1 is 0.714 bits per heavy atom. The summed E-state index contributed by atoms with van der Waals surface area (Å²) in [6, 6.07) is 24.6. The number of fused-ring (bicyclic) bond motifs is 2. The predicted octanol–water partition coefficient (Wildman–Crippen LogP) is -0.0731. The molecule has 0 N–H and O–H groups in total. The third-order valence-corrected chi connectivity index (χ3v) is 3.69. The SMILES string of the molecule is COc1ccc2[cH-]ccc2c1.COc1ccc2[cH-]ccc2c1.C[Si](C)=[Zr+2].[Cl-].[Cl-]. The first-order chi connectivity index (χ1) is 12.5. The van der Waals surface area contributed by atoms with Crippen molar-refractivity contribution in [2.24, 2.45) is 0 Å².